The van der Waals surface area contributed by atoms with Crippen LogP contribution in [0.2, 0.25) is 5.02 Å². The lowest BCUT2D eigenvalue weighted by Crippen LogP contribution is -2.13. The third-order valence-electron chi connectivity index (χ3n) is 2.91. The second-order valence-corrected chi connectivity index (χ2v) is 4.79. The molecule has 2 aromatic carbocycles. The zero-order chi connectivity index (χ0) is 14.0. The maximum atomic E-state index is 12.1. The maximum Gasteiger partial charge on any atom is 0.257 e. The molecule has 0 bridgehead atoms. The van der Waals surface area contributed by atoms with Gasteiger partial charge in [0.2, 0.25) is 0 Å². The highest BCUT2D eigenvalue weighted by atomic mass is 35.5. The number of amides is 1. The van der Waals surface area contributed by atoms with Crippen LogP contribution < -0.4 is 5.32 Å². The third-order valence-corrected chi connectivity index (χ3v) is 3.24. The third kappa shape index (κ3) is 2.88. The lowest BCUT2D eigenvalue weighted by molar-refractivity contribution is 0.102. The highest BCUT2D eigenvalue weighted by Crippen LogP contribution is 2.26. The van der Waals surface area contributed by atoms with Gasteiger partial charge < -0.3 is 10.4 Å². The van der Waals surface area contributed by atoms with Gasteiger partial charge in [-0.3, -0.25) is 4.79 Å². The molecular weight excluding hydrogens is 262 g/mol. The number of aryl methyl sites for hydroxylation is 2. The lowest BCUT2D eigenvalue weighted by atomic mass is 10.1. The van der Waals surface area contributed by atoms with E-state index in [1.54, 1.807) is 43.3 Å². The molecule has 2 rings (SSSR count). The quantitative estimate of drug-likeness (QED) is 0.816. The molecule has 0 heterocycles. The van der Waals surface area contributed by atoms with Crippen molar-refractivity contribution in [3.05, 3.63) is 58.1 Å². The molecule has 0 radical (unpaired) electrons. The average molecular weight is 276 g/mol. The second kappa shape index (κ2) is 5.33. The number of nitrogens with one attached hydrogen (secondary N) is 1. The van der Waals surface area contributed by atoms with Crippen molar-refractivity contribution in [1.29, 1.82) is 0 Å². The summed E-state index contributed by atoms with van der Waals surface area (Å²) in [6, 6.07) is 10.2. The van der Waals surface area contributed by atoms with E-state index in [4.69, 9.17) is 11.6 Å². The number of halogens is 1. The molecule has 0 aromatic heterocycles. The molecule has 19 heavy (non-hydrogen) atoms. The number of anilines is 1. The highest BCUT2D eigenvalue weighted by molar-refractivity contribution is 6.34. The van der Waals surface area contributed by atoms with Gasteiger partial charge in [0.25, 0.3) is 5.91 Å². The zero-order valence-corrected chi connectivity index (χ0v) is 11.5. The fraction of sp³-hybridized carbons (Fsp3) is 0.133. The summed E-state index contributed by atoms with van der Waals surface area (Å²) in [5.41, 5.74) is 2.60. The number of carbonyl (C=O) groups excluding carboxylic acids is 1. The molecule has 0 aliphatic rings. The van der Waals surface area contributed by atoms with Crippen LogP contribution in [0.15, 0.2) is 36.4 Å². The van der Waals surface area contributed by atoms with Crippen LogP contribution in [-0.4, -0.2) is 11.0 Å². The molecule has 0 fully saturated rings. The van der Waals surface area contributed by atoms with E-state index < -0.39 is 0 Å². The van der Waals surface area contributed by atoms with Gasteiger partial charge in [0, 0.05) is 5.69 Å². The largest absolute Gasteiger partial charge is 0.508 e. The summed E-state index contributed by atoms with van der Waals surface area (Å²) in [5.74, 6) is -0.0490. The van der Waals surface area contributed by atoms with Crippen LogP contribution in [0.25, 0.3) is 0 Å². The first-order chi connectivity index (χ1) is 8.99. The number of rotatable bonds is 2. The Morgan fingerprint density at radius 3 is 2.53 bits per heavy atom. The van der Waals surface area contributed by atoms with Gasteiger partial charge in [0.15, 0.2) is 0 Å². The van der Waals surface area contributed by atoms with Crippen molar-refractivity contribution in [2.45, 2.75) is 13.8 Å². The van der Waals surface area contributed by atoms with E-state index in [9.17, 15) is 9.90 Å². The van der Waals surface area contributed by atoms with Crippen molar-refractivity contribution in [3.8, 4) is 5.75 Å². The van der Waals surface area contributed by atoms with E-state index in [0.717, 1.165) is 5.56 Å². The molecular formula is C15H14ClNO2. The molecule has 0 saturated heterocycles. The van der Waals surface area contributed by atoms with Crippen molar-refractivity contribution < 1.29 is 9.90 Å². The van der Waals surface area contributed by atoms with E-state index >= 15 is 0 Å². The van der Waals surface area contributed by atoms with Gasteiger partial charge >= 0.3 is 0 Å². The standard InChI is InChI=1S/C15H14ClNO2/c1-9-8-14(18)10(2)7-13(9)17-15(19)11-5-3-4-6-12(11)16/h3-8,18H,1-2H3,(H,17,19). The molecule has 0 saturated carbocycles. The maximum absolute atomic E-state index is 12.1. The zero-order valence-electron chi connectivity index (χ0n) is 10.7. The summed E-state index contributed by atoms with van der Waals surface area (Å²) in [5, 5.41) is 12.8. The predicted octanol–water partition coefficient (Wildman–Crippen LogP) is 3.91. The van der Waals surface area contributed by atoms with E-state index in [2.05, 4.69) is 5.32 Å². The fourth-order valence-electron chi connectivity index (χ4n) is 1.77. The summed E-state index contributed by atoms with van der Waals surface area (Å²) in [6.07, 6.45) is 0. The molecule has 0 aliphatic carbocycles. The Kier molecular flexibility index (Phi) is 3.76. The minimum Gasteiger partial charge on any atom is -0.508 e. The van der Waals surface area contributed by atoms with Crippen molar-refractivity contribution >= 4 is 23.2 Å². The van der Waals surface area contributed by atoms with Crippen LogP contribution >= 0.6 is 11.6 Å². The first-order valence-electron chi connectivity index (χ1n) is 5.85. The Morgan fingerprint density at radius 1 is 1.16 bits per heavy atom. The molecule has 0 unspecified atom stereocenters. The molecule has 0 aliphatic heterocycles. The molecule has 4 heteroatoms. The molecule has 98 valence electrons. The van der Waals surface area contributed by atoms with E-state index in [1.165, 1.54) is 0 Å². The first kappa shape index (κ1) is 13.4. The molecule has 0 atom stereocenters. The smallest absolute Gasteiger partial charge is 0.257 e. The number of aromatic hydroxyl groups is 1. The van der Waals surface area contributed by atoms with Gasteiger partial charge in [0.05, 0.1) is 10.6 Å². The van der Waals surface area contributed by atoms with Crippen LogP contribution in [0, 0.1) is 13.8 Å². The normalized spacial score (nSPS) is 10.3. The number of phenols is 1. The van der Waals surface area contributed by atoms with Gasteiger partial charge in [-0.05, 0) is 49.2 Å². The van der Waals surface area contributed by atoms with Crippen LogP contribution in [0.4, 0.5) is 5.69 Å². The Morgan fingerprint density at radius 2 is 1.84 bits per heavy atom. The topological polar surface area (TPSA) is 49.3 Å². The van der Waals surface area contributed by atoms with Crippen LogP contribution in [0.3, 0.4) is 0 Å². The van der Waals surface area contributed by atoms with E-state index in [-0.39, 0.29) is 11.7 Å². The summed E-state index contributed by atoms with van der Waals surface area (Å²) in [6.45, 7) is 3.60. The summed E-state index contributed by atoms with van der Waals surface area (Å²) in [4.78, 5) is 12.1. The molecule has 3 nitrogen and oxygen atoms in total. The van der Waals surface area contributed by atoms with Gasteiger partial charge in [-0.15, -0.1) is 0 Å². The Labute approximate surface area is 116 Å². The van der Waals surface area contributed by atoms with Crippen LogP contribution in [0.1, 0.15) is 21.5 Å². The average Bonchev–Trinajstić information content (AvgIpc) is 2.36. The van der Waals surface area contributed by atoms with Crippen molar-refractivity contribution in [3.63, 3.8) is 0 Å². The molecule has 2 N–H and O–H groups in total. The number of hydrogen-bond donors (Lipinski definition) is 2. The summed E-state index contributed by atoms with van der Waals surface area (Å²) >= 11 is 5.98. The lowest BCUT2D eigenvalue weighted by Gasteiger charge is -2.11. The predicted molar refractivity (Wildman–Crippen MR) is 77.0 cm³/mol. The van der Waals surface area contributed by atoms with Crippen molar-refractivity contribution in [1.82, 2.24) is 0 Å². The number of phenolic OH excluding ortho intramolecular Hbond substituents is 1. The van der Waals surface area contributed by atoms with Crippen LogP contribution in [0.5, 0.6) is 5.75 Å². The highest BCUT2D eigenvalue weighted by Gasteiger charge is 2.12. The minimum atomic E-state index is -0.265. The summed E-state index contributed by atoms with van der Waals surface area (Å²) in [7, 11) is 0. The minimum absolute atomic E-state index is 0.216. The van der Waals surface area contributed by atoms with Crippen molar-refractivity contribution in [2.75, 3.05) is 5.32 Å². The molecule has 1 amide bonds. The van der Waals surface area contributed by atoms with Crippen molar-refractivity contribution in [2.24, 2.45) is 0 Å². The molecule has 0 spiro atoms. The van der Waals surface area contributed by atoms with Gasteiger partial charge in [-0.2, -0.15) is 0 Å². The van der Waals surface area contributed by atoms with Gasteiger partial charge in [-0.25, -0.2) is 0 Å². The Balaban J connectivity index is 2.30. The Hall–Kier alpha value is -2.00. The monoisotopic (exact) mass is 275 g/mol. The van der Waals surface area contributed by atoms with Gasteiger partial charge in [0.1, 0.15) is 5.75 Å². The SMILES string of the molecule is Cc1cc(NC(=O)c2ccccc2Cl)c(C)cc1O. The second-order valence-electron chi connectivity index (χ2n) is 4.39. The number of hydrogen-bond acceptors (Lipinski definition) is 2. The fourth-order valence-corrected chi connectivity index (χ4v) is 1.99. The number of benzene rings is 2. The van der Waals surface area contributed by atoms with Gasteiger partial charge in [-0.1, -0.05) is 23.7 Å². The Bertz CT molecular complexity index is 638. The molecule has 2 aromatic rings. The van der Waals surface area contributed by atoms with Crippen LogP contribution in [-0.2, 0) is 0 Å². The van der Waals surface area contributed by atoms with E-state index in [0.29, 0.717) is 21.8 Å². The van der Waals surface area contributed by atoms with E-state index in [1.807, 2.05) is 6.92 Å². The first-order valence-corrected chi connectivity index (χ1v) is 6.23. The number of carbonyl (C=O) groups is 1. The summed E-state index contributed by atoms with van der Waals surface area (Å²) < 4.78 is 0.